The molecule has 0 spiro atoms. The second-order valence-electron chi connectivity index (χ2n) is 6.15. The van der Waals surface area contributed by atoms with Crippen LogP contribution in [0, 0.1) is 0 Å². The van der Waals surface area contributed by atoms with E-state index in [1.165, 1.54) is 30.0 Å². The van der Waals surface area contributed by atoms with E-state index in [-0.39, 0.29) is 23.6 Å². The fraction of sp³-hybridized carbons (Fsp3) is 0.625. The third kappa shape index (κ3) is 3.19. The molecule has 2 atom stereocenters. The fourth-order valence-electron chi connectivity index (χ4n) is 3.23. The molecule has 3 rings (SSSR count). The van der Waals surface area contributed by atoms with Crippen LogP contribution in [0.2, 0.25) is 0 Å². The number of fused-ring (bicyclic) bond motifs is 1. The van der Waals surface area contributed by atoms with Crippen LogP contribution in [-0.2, 0) is 19.1 Å². The third-order valence-corrected chi connectivity index (χ3v) is 5.75. The molecule has 3 aliphatic rings. The lowest BCUT2D eigenvalue weighted by atomic mass is 9.97. The molecule has 7 nitrogen and oxygen atoms in total. The Morgan fingerprint density at radius 3 is 2.67 bits per heavy atom. The van der Waals surface area contributed by atoms with Gasteiger partial charge in [-0.2, -0.15) is 0 Å². The Morgan fingerprint density at radius 1 is 1.33 bits per heavy atom. The van der Waals surface area contributed by atoms with Crippen LogP contribution >= 0.6 is 11.8 Å². The predicted molar refractivity (Wildman–Crippen MR) is 88.7 cm³/mol. The fourth-order valence-corrected chi connectivity index (χ4v) is 4.54. The number of aliphatic imine (C=N–C) groups is 1. The summed E-state index contributed by atoms with van der Waals surface area (Å²) >= 11 is 1.48. The first kappa shape index (κ1) is 17.0. The molecule has 1 N–H and O–H groups in total. The number of carboxylic acids is 1. The van der Waals surface area contributed by atoms with Crippen LogP contribution in [0.15, 0.2) is 16.3 Å². The lowest BCUT2D eigenvalue weighted by Gasteiger charge is -2.48. The molecule has 0 aromatic rings. The van der Waals surface area contributed by atoms with Gasteiger partial charge in [0.15, 0.2) is 6.04 Å². The van der Waals surface area contributed by atoms with Crippen molar-refractivity contribution in [1.29, 1.82) is 0 Å². The minimum atomic E-state index is -1.17. The van der Waals surface area contributed by atoms with E-state index in [1.54, 1.807) is 0 Å². The van der Waals surface area contributed by atoms with Crippen LogP contribution in [0.3, 0.4) is 0 Å². The van der Waals surface area contributed by atoms with E-state index in [4.69, 9.17) is 4.74 Å². The number of carbonyl (C=O) groups excluding carboxylic acids is 2. The van der Waals surface area contributed by atoms with Crippen LogP contribution in [0.5, 0.6) is 0 Å². The summed E-state index contributed by atoms with van der Waals surface area (Å²) in [6.45, 7) is 1.17. The van der Waals surface area contributed by atoms with Crippen LogP contribution < -0.4 is 0 Å². The molecule has 0 aromatic carbocycles. The van der Waals surface area contributed by atoms with Gasteiger partial charge in [0.05, 0.1) is 0 Å². The van der Waals surface area contributed by atoms with Crippen molar-refractivity contribution in [3.05, 3.63) is 11.3 Å². The first-order valence-electron chi connectivity index (χ1n) is 8.08. The lowest BCUT2D eigenvalue weighted by molar-refractivity contribution is -0.148. The summed E-state index contributed by atoms with van der Waals surface area (Å²) in [6.07, 6.45) is 5.27. The Balaban J connectivity index is 1.78. The van der Waals surface area contributed by atoms with E-state index in [1.807, 2.05) is 0 Å². The van der Waals surface area contributed by atoms with Gasteiger partial charge in [-0.05, 0) is 25.7 Å². The van der Waals surface area contributed by atoms with Gasteiger partial charge in [0.25, 0.3) is 5.91 Å². The summed E-state index contributed by atoms with van der Waals surface area (Å²) in [4.78, 5) is 40.9. The number of aliphatic carboxylic acids is 1. The van der Waals surface area contributed by atoms with Gasteiger partial charge in [-0.1, -0.05) is 6.42 Å². The molecule has 1 unspecified atom stereocenters. The number of amides is 1. The van der Waals surface area contributed by atoms with Gasteiger partial charge in [-0.15, -0.1) is 11.8 Å². The molecule has 8 heteroatoms. The molecule has 2 aliphatic heterocycles. The van der Waals surface area contributed by atoms with Gasteiger partial charge in [0.1, 0.15) is 17.7 Å². The summed E-state index contributed by atoms with van der Waals surface area (Å²) in [5.41, 5.74) is 1.48. The average molecular weight is 352 g/mol. The Labute approximate surface area is 144 Å². The largest absolute Gasteiger partial charge is 0.477 e. The number of carboxylic acid groups (broad SMARTS) is 1. The smallest absolute Gasteiger partial charge is 0.352 e. The number of hydrogen-bond acceptors (Lipinski definition) is 6. The molecular formula is C16H20N2O5S. The first-order chi connectivity index (χ1) is 11.5. The Hall–Kier alpha value is -1.83. The number of ether oxygens (including phenoxy) is 1. The monoisotopic (exact) mass is 352 g/mol. The molecule has 0 aromatic heterocycles. The second-order valence-corrected chi connectivity index (χ2v) is 7.25. The SMILES string of the molecule is CC(=O)OCC1=C(C(=O)O)N2C(=O)C(N=C3CCCCC3)[C@H]2SC1. The minimum Gasteiger partial charge on any atom is -0.477 e. The van der Waals surface area contributed by atoms with E-state index in [0.717, 1.165) is 31.4 Å². The van der Waals surface area contributed by atoms with Crippen molar-refractivity contribution in [1.82, 2.24) is 4.90 Å². The average Bonchev–Trinajstić information content (AvgIpc) is 2.57. The number of rotatable bonds is 4. The van der Waals surface area contributed by atoms with E-state index in [2.05, 4.69) is 4.99 Å². The third-order valence-electron chi connectivity index (χ3n) is 4.42. The zero-order valence-electron chi connectivity index (χ0n) is 13.5. The van der Waals surface area contributed by atoms with Gasteiger partial charge in [-0.3, -0.25) is 19.5 Å². The highest BCUT2D eigenvalue weighted by atomic mass is 32.2. The van der Waals surface area contributed by atoms with Gasteiger partial charge < -0.3 is 9.84 Å². The van der Waals surface area contributed by atoms with Crippen LogP contribution in [0.25, 0.3) is 0 Å². The summed E-state index contributed by atoms with van der Waals surface area (Å²) in [6, 6.07) is -0.479. The maximum Gasteiger partial charge on any atom is 0.352 e. The zero-order chi connectivity index (χ0) is 17.3. The molecular weight excluding hydrogens is 332 g/mol. The number of nitrogens with zero attached hydrogens (tertiary/aromatic N) is 2. The van der Waals surface area contributed by atoms with E-state index < -0.39 is 18.0 Å². The van der Waals surface area contributed by atoms with E-state index >= 15 is 0 Å². The van der Waals surface area contributed by atoms with Crippen LogP contribution in [0.1, 0.15) is 39.0 Å². The van der Waals surface area contributed by atoms with Gasteiger partial charge in [0.2, 0.25) is 0 Å². The second kappa shape index (κ2) is 6.96. The van der Waals surface area contributed by atoms with Crippen molar-refractivity contribution >= 4 is 35.3 Å². The quantitative estimate of drug-likeness (QED) is 0.609. The molecule has 130 valence electrons. The van der Waals surface area contributed by atoms with Crippen molar-refractivity contribution in [2.45, 2.75) is 50.4 Å². The van der Waals surface area contributed by atoms with E-state index in [0.29, 0.717) is 11.3 Å². The predicted octanol–water partition coefficient (Wildman–Crippen LogP) is 1.58. The number of β-lactam (4-membered cyclic amide) rings is 1. The molecule has 0 radical (unpaired) electrons. The van der Waals surface area contributed by atoms with Gasteiger partial charge in [-0.25, -0.2) is 4.79 Å². The Kier molecular flexibility index (Phi) is 4.93. The highest BCUT2D eigenvalue weighted by Crippen LogP contribution is 2.42. The van der Waals surface area contributed by atoms with Gasteiger partial charge >= 0.3 is 11.9 Å². The molecule has 1 aliphatic carbocycles. The molecule has 2 fully saturated rings. The summed E-state index contributed by atoms with van der Waals surface area (Å²) < 4.78 is 4.91. The summed E-state index contributed by atoms with van der Waals surface area (Å²) in [5, 5.41) is 9.22. The van der Waals surface area contributed by atoms with Crippen molar-refractivity contribution in [3.8, 4) is 0 Å². The standard InChI is InChI=1S/C16H20N2O5S/c1-9(19)23-7-10-8-24-15-12(17-11-5-3-2-4-6-11)14(20)18(15)13(10)16(21)22/h12,15H,2-8H2,1H3,(H,21,22)/t12?,15-/m1/s1. The topological polar surface area (TPSA) is 96.3 Å². The first-order valence-corrected chi connectivity index (χ1v) is 9.13. The molecule has 1 saturated heterocycles. The Morgan fingerprint density at radius 2 is 2.04 bits per heavy atom. The van der Waals surface area contributed by atoms with Crippen LogP contribution in [-0.4, -0.2) is 57.3 Å². The van der Waals surface area contributed by atoms with E-state index in [9.17, 15) is 19.5 Å². The Bertz CT molecular complexity index is 634. The van der Waals surface area contributed by atoms with Crippen molar-refractivity contribution in [3.63, 3.8) is 0 Å². The summed E-state index contributed by atoms with van der Waals surface area (Å²) in [7, 11) is 0. The van der Waals surface area contributed by atoms with Gasteiger partial charge in [0, 0.05) is 24.0 Å². The molecule has 1 amide bonds. The lowest BCUT2D eigenvalue weighted by Crippen LogP contribution is -2.64. The number of hydrogen-bond donors (Lipinski definition) is 1. The molecule has 2 heterocycles. The molecule has 1 saturated carbocycles. The highest BCUT2D eigenvalue weighted by molar-refractivity contribution is 8.00. The van der Waals surface area contributed by atoms with Crippen molar-refractivity contribution in [2.75, 3.05) is 12.4 Å². The van der Waals surface area contributed by atoms with Crippen LogP contribution in [0.4, 0.5) is 0 Å². The minimum absolute atomic E-state index is 0.0508. The normalized spacial score (nSPS) is 26.6. The zero-order valence-corrected chi connectivity index (χ0v) is 14.3. The summed E-state index contributed by atoms with van der Waals surface area (Å²) in [5.74, 6) is -1.50. The maximum absolute atomic E-state index is 12.5. The number of esters is 1. The van der Waals surface area contributed by atoms with Crippen molar-refractivity contribution < 1.29 is 24.2 Å². The molecule has 24 heavy (non-hydrogen) atoms. The maximum atomic E-state index is 12.5. The number of carbonyl (C=O) groups is 3. The van der Waals surface area contributed by atoms with Crippen molar-refractivity contribution in [2.24, 2.45) is 4.99 Å². The highest BCUT2D eigenvalue weighted by Gasteiger charge is 2.53. The number of thioether (sulfide) groups is 1. The molecule has 0 bridgehead atoms.